The van der Waals surface area contributed by atoms with E-state index in [1.165, 1.54) is 22.9 Å². The zero-order valence-corrected chi connectivity index (χ0v) is 13.0. The van der Waals surface area contributed by atoms with E-state index in [0.717, 1.165) is 4.90 Å². The Kier molecular flexibility index (Phi) is 4.70. The first-order chi connectivity index (χ1) is 9.93. The lowest BCUT2D eigenvalue weighted by molar-refractivity contribution is -0.142. The van der Waals surface area contributed by atoms with E-state index in [1.807, 2.05) is 25.1 Å². The van der Waals surface area contributed by atoms with Crippen LogP contribution in [0.4, 0.5) is 0 Å². The van der Waals surface area contributed by atoms with Gasteiger partial charge in [0.1, 0.15) is 5.54 Å². The third-order valence-electron chi connectivity index (χ3n) is 3.62. The Balaban J connectivity index is 2.21. The average molecular weight is 301 g/mol. The van der Waals surface area contributed by atoms with Crippen LogP contribution in [0.2, 0.25) is 0 Å². The van der Waals surface area contributed by atoms with Crippen molar-refractivity contribution < 1.29 is 9.90 Å². The minimum Gasteiger partial charge on any atom is -0.480 e. The van der Waals surface area contributed by atoms with Gasteiger partial charge in [-0.25, -0.2) is 4.79 Å². The molecule has 2 aromatic carbocycles. The zero-order valence-electron chi connectivity index (χ0n) is 12.2. The smallest absolute Gasteiger partial charge is 0.329 e. The maximum absolute atomic E-state index is 11.6. The molecule has 4 heteroatoms. The molecule has 0 heterocycles. The van der Waals surface area contributed by atoms with Gasteiger partial charge in [-0.1, -0.05) is 36.4 Å². The molecular formula is C17H19NO2S. The maximum Gasteiger partial charge on any atom is 0.329 e. The topological polar surface area (TPSA) is 63.3 Å². The Morgan fingerprint density at radius 3 is 2.38 bits per heavy atom. The summed E-state index contributed by atoms with van der Waals surface area (Å²) in [5, 5.41) is 9.52. The van der Waals surface area contributed by atoms with E-state index in [1.54, 1.807) is 24.3 Å². The van der Waals surface area contributed by atoms with Crippen LogP contribution in [0.5, 0.6) is 0 Å². The lowest BCUT2D eigenvalue weighted by Crippen LogP contribution is -2.47. The van der Waals surface area contributed by atoms with E-state index < -0.39 is 11.5 Å². The number of rotatable bonds is 5. The van der Waals surface area contributed by atoms with Gasteiger partial charge in [0.15, 0.2) is 0 Å². The molecule has 0 spiro atoms. The number of carboxylic acid groups (broad SMARTS) is 1. The van der Waals surface area contributed by atoms with E-state index in [2.05, 4.69) is 13.0 Å². The first-order valence-electron chi connectivity index (χ1n) is 6.71. The molecule has 0 radical (unpaired) electrons. The van der Waals surface area contributed by atoms with Crippen LogP contribution in [0.25, 0.3) is 0 Å². The number of thioether (sulfide) groups is 1. The fourth-order valence-corrected chi connectivity index (χ4v) is 3.11. The molecule has 0 fully saturated rings. The van der Waals surface area contributed by atoms with Crippen LogP contribution < -0.4 is 5.73 Å². The van der Waals surface area contributed by atoms with Gasteiger partial charge in [0.25, 0.3) is 0 Å². The second-order valence-electron chi connectivity index (χ2n) is 5.18. The normalized spacial score (nSPS) is 13.7. The molecule has 110 valence electrons. The largest absolute Gasteiger partial charge is 0.480 e. The SMILES string of the molecule is Cc1ccc(SCC(N)(C(=O)O)c2ccccc2)cc1C. The number of aryl methyl sites for hydroxylation is 2. The molecule has 1 atom stereocenters. The Bertz CT molecular complexity index is 642. The van der Waals surface area contributed by atoms with Crippen molar-refractivity contribution in [3.8, 4) is 0 Å². The first-order valence-corrected chi connectivity index (χ1v) is 7.70. The van der Waals surface area contributed by atoms with Crippen molar-refractivity contribution in [2.45, 2.75) is 24.3 Å². The molecule has 0 aliphatic carbocycles. The molecule has 21 heavy (non-hydrogen) atoms. The molecule has 0 aliphatic heterocycles. The maximum atomic E-state index is 11.6. The van der Waals surface area contributed by atoms with Crippen molar-refractivity contribution >= 4 is 17.7 Å². The number of nitrogens with two attached hydrogens (primary N) is 1. The molecule has 0 bridgehead atoms. The molecule has 0 saturated carbocycles. The van der Waals surface area contributed by atoms with E-state index >= 15 is 0 Å². The monoisotopic (exact) mass is 301 g/mol. The van der Waals surface area contributed by atoms with E-state index in [4.69, 9.17) is 5.73 Å². The highest BCUT2D eigenvalue weighted by atomic mass is 32.2. The fourth-order valence-electron chi connectivity index (χ4n) is 2.00. The number of hydrogen-bond acceptors (Lipinski definition) is 3. The fraction of sp³-hybridized carbons (Fsp3) is 0.235. The number of carbonyl (C=O) groups is 1. The Morgan fingerprint density at radius 1 is 1.14 bits per heavy atom. The van der Waals surface area contributed by atoms with Gasteiger partial charge >= 0.3 is 5.97 Å². The van der Waals surface area contributed by atoms with Gasteiger partial charge in [-0.15, -0.1) is 11.8 Å². The summed E-state index contributed by atoms with van der Waals surface area (Å²) in [5.74, 6) is -0.723. The van der Waals surface area contributed by atoms with Crippen LogP contribution in [0.3, 0.4) is 0 Å². The average Bonchev–Trinajstić information content (AvgIpc) is 2.49. The van der Waals surface area contributed by atoms with Gasteiger partial charge in [-0.3, -0.25) is 0 Å². The van der Waals surface area contributed by atoms with Gasteiger partial charge in [0, 0.05) is 10.6 Å². The molecule has 0 aromatic heterocycles. The minimum absolute atomic E-state index is 0.287. The Morgan fingerprint density at radius 2 is 1.81 bits per heavy atom. The quantitative estimate of drug-likeness (QED) is 0.831. The van der Waals surface area contributed by atoms with Crippen molar-refractivity contribution in [2.24, 2.45) is 5.73 Å². The summed E-state index contributed by atoms with van der Waals surface area (Å²) >= 11 is 1.47. The van der Waals surface area contributed by atoms with Crippen LogP contribution in [-0.2, 0) is 10.3 Å². The summed E-state index contributed by atoms with van der Waals surface area (Å²) in [5.41, 5.74) is 7.81. The van der Waals surface area contributed by atoms with E-state index in [0.29, 0.717) is 5.56 Å². The van der Waals surface area contributed by atoms with Crippen LogP contribution in [0, 0.1) is 13.8 Å². The van der Waals surface area contributed by atoms with E-state index in [-0.39, 0.29) is 5.75 Å². The molecule has 0 amide bonds. The van der Waals surface area contributed by atoms with Gasteiger partial charge in [0.2, 0.25) is 0 Å². The second kappa shape index (κ2) is 6.33. The van der Waals surface area contributed by atoms with Gasteiger partial charge in [-0.2, -0.15) is 0 Å². The number of carboxylic acids is 1. The predicted molar refractivity (Wildman–Crippen MR) is 86.6 cm³/mol. The lowest BCUT2D eigenvalue weighted by atomic mass is 9.93. The molecule has 3 N–H and O–H groups in total. The number of aliphatic carboxylic acids is 1. The van der Waals surface area contributed by atoms with Crippen LogP contribution in [-0.4, -0.2) is 16.8 Å². The summed E-state index contributed by atoms with van der Waals surface area (Å²) in [7, 11) is 0. The van der Waals surface area contributed by atoms with Crippen LogP contribution in [0.1, 0.15) is 16.7 Å². The highest BCUT2D eigenvalue weighted by molar-refractivity contribution is 7.99. The summed E-state index contributed by atoms with van der Waals surface area (Å²) in [6.07, 6.45) is 0. The third kappa shape index (κ3) is 3.46. The predicted octanol–water partition coefficient (Wildman–Crippen LogP) is 3.33. The van der Waals surface area contributed by atoms with Crippen molar-refractivity contribution in [3.63, 3.8) is 0 Å². The van der Waals surface area contributed by atoms with Crippen LogP contribution in [0.15, 0.2) is 53.4 Å². The van der Waals surface area contributed by atoms with Gasteiger partial charge in [0.05, 0.1) is 0 Å². The van der Waals surface area contributed by atoms with Gasteiger partial charge in [-0.05, 0) is 42.7 Å². The van der Waals surface area contributed by atoms with Crippen molar-refractivity contribution in [3.05, 3.63) is 65.2 Å². The molecule has 3 nitrogen and oxygen atoms in total. The summed E-state index contributed by atoms with van der Waals surface area (Å²) in [6.45, 7) is 4.10. The van der Waals surface area contributed by atoms with E-state index in [9.17, 15) is 9.90 Å². The van der Waals surface area contributed by atoms with Gasteiger partial charge < -0.3 is 10.8 Å². The van der Waals surface area contributed by atoms with Crippen molar-refractivity contribution in [1.82, 2.24) is 0 Å². The number of benzene rings is 2. The molecule has 1 unspecified atom stereocenters. The summed E-state index contributed by atoms with van der Waals surface area (Å²) < 4.78 is 0. The lowest BCUT2D eigenvalue weighted by Gasteiger charge is -2.25. The van der Waals surface area contributed by atoms with Crippen LogP contribution >= 0.6 is 11.8 Å². The third-order valence-corrected chi connectivity index (χ3v) is 4.80. The summed E-state index contributed by atoms with van der Waals surface area (Å²) in [6, 6.07) is 15.1. The second-order valence-corrected chi connectivity index (χ2v) is 6.23. The molecule has 2 aromatic rings. The minimum atomic E-state index is -1.38. The van der Waals surface area contributed by atoms with Crippen molar-refractivity contribution in [2.75, 3.05) is 5.75 Å². The number of hydrogen-bond donors (Lipinski definition) is 2. The van der Waals surface area contributed by atoms with Crippen molar-refractivity contribution in [1.29, 1.82) is 0 Å². The summed E-state index contributed by atoms with van der Waals surface area (Å²) in [4.78, 5) is 12.7. The molecule has 2 rings (SSSR count). The highest BCUT2D eigenvalue weighted by Gasteiger charge is 2.36. The Labute approximate surface area is 129 Å². The molecular weight excluding hydrogens is 282 g/mol. The molecule has 0 saturated heterocycles. The molecule has 0 aliphatic rings. The Hall–Kier alpha value is -1.78. The standard InChI is InChI=1S/C17H19NO2S/c1-12-8-9-15(10-13(12)2)21-11-17(18,16(19)20)14-6-4-3-5-7-14/h3-10H,11,18H2,1-2H3,(H,19,20). The zero-order chi connectivity index (χ0) is 15.5. The highest BCUT2D eigenvalue weighted by Crippen LogP contribution is 2.29. The first kappa shape index (κ1) is 15.6.